The van der Waals surface area contributed by atoms with Crippen LogP contribution in [0, 0.1) is 17.8 Å². The van der Waals surface area contributed by atoms with Crippen LogP contribution in [-0.4, -0.2) is 99.7 Å². The number of carbonyl (C=O) groups excluding carboxylic acids is 5. The average Bonchev–Trinajstić information content (AvgIpc) is 3.01. The molecule has 0 heterocycles. The maximum atomic E-state index is 14.1. The first kappa shape index (κ1) is 32.8. The highest BCUT2D eigenvalue weighted by Gasteiger charge is 2.67. The molecule has 4 unspecified atom stereocenters. The van der Waals surface area contributed by atoms with Crippen molar-refractivity contribution >= 4 is 35.1 Å². The molecule has 3 aliphatic carbocycles. The molecule has 3 aliphatic rings. The van der Waals surface area contributed by atoms with Gasteiger partial charge in [-0.05, 0) is 74.2 Å². The number of nitrogens with zero attached hydrogens (tertiary/aromatic N) is 1. The summed E-state index contributed by atoms with van der Waals surface area (Å²) < 4.78 is 4.75. The van der Waals surface area contributed by atoms with Crippen LogP contribution < -0.4 is 11.1 Å². The van der Waals surface area contributed by atoms with Crippen molar-refractivity contribution in [3.8, 4) is 16.9 Å². The van der Waals surface area contributed by atoms with E-state index in [9.17, 15) is 44.4 Å². The number of hydrogen-bond donors (Lipinski definition) is 6. The second kappa shape index (κ2) is 12.0. The van der Waals surface area contributed by atoms with Gasteiger partial charge in [-0.3, -0.25) is 19.2 Å². The van der Waals surface area contributed by atoms with Crippen molar-refractivity contribution in [3.05, 3.63) is 58.7 Å². The normalized spacial score (nSPS) is 27.8. The summed E-state index contributed by atoms with van der Waals surface area (Å²) in [6.45, 7) is 1.73. The number of ether oxygens (including phenoxy) is 1. The van der Waals surface area contributed by atoms with E-state index in [1.54, 1.807) is 51.4 Å². The minimum absolute atomic E-state index is 0.0261. The van der Waals surface area contributed by atoms with Crippen molar-refractivity contribution in [1.29, 1.82) is 0 Å². The third kappa shape index (κ3) is 4.95. The summed E-state index contributed by atoms with van der Waals surface area (Å²) in [7, 11) is 4.39. The third-order valence-electron chi connectivity index (χ3n) is 9.61. The van der Waals surface area contributed by atoms with Crippen molar-refractivity contribution in [2.75, 3.05) is 21.2 Å². The topological polar surface area (TPSA) is 217 Å². The molecule has 0 radical (unpaired) electrons. The van der Waals surface area contributed by atoms with Crippen LogP contribution in [0.1, 0.15) is 41.3 Å². The van der Waals surface area contributed by atoms with Gasteiger partial charge in [-0.25, -0.2) is 4.79 Å². The van der Waals surface area contributed by atoms with Crippen molar-refractivity contribution in [2.45, 2.75) is 50.0 Å². The molecule has 2 aromatic carbocycles. The number of phenolic OH excluding ortho intramolecular Hbond substituents is 1. The van der Waals surface area contributed by atoms with Crippen LogP contribution in [-0.2, 0) is 30.3 Å². The first-order valence-electron chi connectivity index (χ1n) is 14.9. The van der Waals surface area contributed by atoms with Crippen LogP contribution in [0.3, 0.4) is 0 Å². The van der Waals surface area contributed by atoms with Gasteiger partial charge in [-0.15, -0.1) is 0 Å². The number of esters is 1. The lowest BCUT2D eigenvalue weighted by molar-refractivity contribution is -0.184. The minimum Gasteiger partial charge on any atom is -0.507 e. The van der Waals surface area contributed by atoms with E-state index in [2.05, 4.69) is 5.32 Å². The Morgan fingerprint density at radius 3 is 2.46 bits per heavy atom. The summed E-state index contributed by atoms with van der Waals surface area (Å²) >= 11 is 0. The molecule has 2 fully saturated rings. The highest BCUT2D eigenvalue weighted by Crippen LogP contribution is 2.53. The van der Waals surface area contributed by atoms with Gasteiger partial charge in [0.1, 0.15) is 23.5 Å². The molecule has 2 amide bonds. The molecule has 5 rings (SSSR count). The predicted octanol–water partition coefficient (Wildman–Crippen LogP) is 0.477. The van der Waals surface area contributed by atoms with E-state index in [-0.39, 0.29) is 35.3 Å². The molecular formula is C33H37N3O10. The third-order valence-corrected chi connectivity index (χ3v) is 9.61. The number of carbonyl (C=O) groups is 5. The highest BCUT2D eigenvalue weighted by molar-refractivity contribution is 6.25. The molecule has 2 saturated carbocycles. The van der Waals surface area contributed by atoms with Crippen LogP contribution in [0.15, 0.2) is 42.0 Å². The van der Waals surface area contributed by atoms with Crippen LogP contribution >= 0.6 is 0 Å². The molecule has 46 heavy (non-hydrogen) atoms. The second-order valence-electron chi connectivity index (χ2n) is 12.3. The first-order chi connectivity index (χ1) is 21.7. The molecule has 0 saturated heterocycles. The number of aliphatic hydroxyl groups is 3. The number of phenols is 1. The number of methoxy groups -OCH3 is 1. The largest absolute Gasteiger partial charge is 0.507 e. The lowest BCUT2D eigenvalue weighted by Crippen LogP contribution is -2.73. The smallest absolute Gasteiger partial charge is 0.328 e. The Hall–Kier alpha value is -4.59. The number of aromatic hydroxyl groups is 1. The van der Waals surface area contributed by atoms with Crippen molar-refractivity contribution in [2.24, 2.45) is 23.5 Å². The van der Waals surface area contributed by atoms with Gasteiger partial charge in [0.25, 0.3) is 5.91 Å². The Morgan fingerprint density at radius 1 is 1.15 bits per heavy atom. The van der Waals surface area contributed by atoms with Crippen molar-refractivity contribution in [3.63, 3.8) is 0 Å². The first-order valence-corrected chi connectivity index (χ1v) is 14.9. The summed E-state index contributed by atoms with van der Waals surface area (Å²) in [5.41, 5.74) is 4.14. The monoisotopic (exact) mass is 635 g/mol. The fraction of sp³-hybridized carbons (Fsp3) is 0.424. The van der Waals surface area contributed by atoms with E-state index in [0.717, 1.165) is 0 Å². The number of likely N-dealkylation sites (N-methyl/N-ethyl adjacent to an activating group) is 1. The molecule has 0 aromatic heterocycles. The number of nitrogens with one attached hydrogen (secondary N) is 1. The molecule has 2 aromatic rings. The molecule has 0 spiro atoms. The zero-order chi connectivity index (χ0) is 33.8. The van der Waals surface area contributed by atoms with Gasteiger partial charge in [0.15, 0.2) is 11.4 Å². The highest BCUT2D eigenvalue weighted by atomic mass is 16.5. The van der Waals surface area contributed by atoms with Crippen LogP contribution in [0.25, 0.3) is 16.9 Å². The Balaban J connectivity index is 1.60. The molecule has 244 valence electrons. The SMILES string of the molecule is CCC(NC(=O)c1cccc(-c2ccc(O)c3c2C[C@@H]2C[C@@H]4C(N(C)C)C(O)C(C(N)=O)C(=O)[C@]4(O)C(=O)C2=C3O)c1)C(=O)OC. The number of benzene rings is 2. The van der Waals surface area contributed by atoms with Gasteiger partial charge >= 0.3 is 5.97 Å². The Labute approximate surface area is 264 Å². The van der Waals surface area contributed by atoms with E-state index in [0.29, 0.717) is 23.1 Å². The number of hydrogen-bond acceptors (Lipinski definition) is 11. The molecule has 13 nitrogen and oxygen atoms in total. The van der Waals surface area contributed by atoms with E-state index in [1.165, 1.54) is 18.1 Å². The van der Waals surface area contributed by atoms with E-state index < -0.39 is 76.7 Å². The molecular weight excluding hydrogens is 598 g/mol. The Kier molecular flexibility index (Phi) is 8.53. The lowest BCUT2D eigenvalue weighted by Gasteiger charge is -2.53. The van der Waals surface area contributed by atoms with Gasteiger partial charge in [0, 0.05) is 23.1 Å². The summed E-state index contributed by atoms with van der Waals surface area (Å²) in [6.07, 6.45) is -1.21. The fourth-order valence-corrected chi connectivity index (χ4v) is 7.41. The Morgan fingerprint density at radius 2 is 1.85 bits per heavy atom. The van der Waals surface area contributed by atoms with E-state index in [1.807, 2.05) is 0 Å². The predicted molar refractivity (Wildman–Crippen MR) is 163 cm³/mol. The molecule has 13 heteroatoms. The molecule has 7 N–H and O–H groups in total. The molecule has 0 bridgehead atoms. The van der Waals surface area contributed by atoms with Gasteiger partial charge < -0.3 is 41.1 Å². The quantitative estimate of drug-likeness (QED) is 0.182. The zero-order valence-electron chi connectivity index (χ0n) is 25.8. The number of rotatable bonds is 7. The van der Waals surface area contributed by atoms with Crippen LogP contribution in [0.5, 0.6) is 5.75 Å². The number of aliphatic hydroxyl groups excluding tert-OH is 2. The number of fused-ring (bicyclic) bond motifs is 3. The maximum absolute atomic E-state index is 14.1. The summed E-state index contributed by atoms with van der Waals surface area (Å²) in [5, 5.41) is 47.9. The Bertz CT molecular complexity index is 1680. The second-order valence-corrected chi connectivity index (χ2v) is 12.3. The maximum Gasteiger partial charge on any atom is 0.328 e. The van der Waals surface area contributed by atoms with Gasteiger partial charge in [-0.1, -0.05) is 25.1 Å². The van der Waals surface area contributed by atoms with Crippen molar-refractivity contribution in [1.82, 2.24) is 10.2 Å². The van der Waals surface area contributed by atoms with Crippen molar-refractivity contribution < 1.29 is 49.1 Å². The summed E-state index contributed by atoms with van der Waals surface area (Å²) in [6, 6.07) is 7.60. The summed E-state index contributed by atoms with van der Waals surface area (Å²) in [4.78, 5) is 66.4. The number of primary amides is 1. The van der Waals surface area contributed by atoms with Crippen LogP contribution in [0.2, 0.25) is 0 Å². The van der Waals surface area contributed by atoms with E-state index >= 15 is 0 Å². The lowest BCUT2D eigenvalue weighted by atomic mass is 9.54. The van der Waals surface area contributed by atoms with E-state index in [4.69, 9.17) is 10.5 Å². The number of amides is 2. The van der Waals surface area contributed by atoms with Gasteiger partial charge in [-0.2, -0.15) is 0 Å². The summed E-state index contributed by atoms with van der Waals surface area (Å²) in [5.74, 6) is -9.32. The standard InChI is InChI=1S/C33H37N3O10/c1-5-20(32(44)46-4)35-31(43)15-8-6-7-14(11-15)17-9-10-21(37)23-18(17)12-16-13-19-25(36(2)3)27(39)24(30(34)42)29(41)33(19,45)28(40)22(16)26(23)38/h6-11,16,19-20,24-25,27,37-39,45H,5,12-13H2,1-4H3,(H2,34,42)(H,35,43)/t16-,19-,20?,24?,25?,27?,33-/m1/s1. The molecule has 7 atom stereocenters. The minimum atomic E-state index is -2.75. The zero-order valence-corrected chi connectivity index (χ0v) is 25.8. The average molecular weight is 636 g/mol. The number of Topliss-reactive ketones (excluding diaryl/α,β-unsaturated/α-hetero) is 2. The number of nitrogens with two attached hydrogens (primary N) is 1. The molecule has 0 aliphatic heterocycles. The van der Waals surface area contributed by atoms with Gasteiger partial charge in [0.05, 0.1) is 18.8 Å². The van der Waals surface area contributed by atoms with Crippen LogP contribution in [0.4, 0.5) is 0 Å². The fourth-order valence-electron chi connectivity index (χ4n) is 7.41. The number of ketones is 2. The van der Waals surface area contributed by atoms with Gasteiger partial charge in [0.2, 0.25) is 11.7 Å².